The summed E-state index contributed by atoms with van der Waals surface area (Å²) in [5.41, 5.74) is 0.407. The number of hydrogen-bond donors (Lipinski definition) is 1. The van der Waals surface area contributed by atoms with Gasteiger partial charge in [-0.2, -0.15) is 13.5 Å². The predicted molar refractivity (Wildman–Crippen MR) is 102 cm³/mol. The van der Waals surface area contributed by atoms with Crippen LogP contribution < -0.4 is 9.57 Å². The maximum absolute atomic E-state index is 13.6. The zero-order valence-corrected chi connectivity index (χ0v) is 15.3. The third-order valence-electron chi connectivity index (χ3n) is 3.62. The number of hydrogen-bond acceptors (Lipinski definition) is 5. The van der Waals surface area contributed by atoms with Crippen molar-refractivity contribution in [3.63, 3.8) is 0 Å². The number of nitrogens with one attached hydrogen (secondary N) is 1. The van der Waals surface area contributed by atoms with Crippen LogP contribution in [0.1, 0.15) is 15.9 Å². The minimum Gasteiger partial charge on any atom is -0.423 e. The Morgan fingerprint density at radius 2 is 1.57 bits per heavy atom. The van der Waals surface area contributed by atoms with Crippen molar-refractivity contribution >= 4 is 22.2 Å². The van der Waals surface area contributed by atoms with Crippen molar-refractivity contribution in [2.45, 2.75) is 4.90 Å². The van der Waals surface area contributed by atoms with Gasteiger partial charge in [-0.1, -0.05) is 30.3 Å². The van der Waals surface area contributed by atoms with E-state index in [-0.39, 0.29) is 16.2 Å². The molecule has 3 rings (SSSR count). The van der Waals surface area contributed by atoms with Crippen molar-refractivity contribution in [2.24, 2.45) is 5.10 Å². The molecule has 0 saturated carbocycles. The maximum atomic E-state index is 13.6. The molecule has 28 heavy (non-hydrogen) atoms. The lowest BCUT2D eigenvalue weighted by Gasteiger charge is -2.05. The number of carbonyl (C=O) groups excluding carboxylic acids is 1. The number of nitrogens with zero attached hydrogens (tertiary/aromatic N) is 1. The third kappa shape index (κ3) is 4.80. The summed E-state index contributed by atoms with van der Waals surface area (Å²) in [6, 6.07) is 19.5. The van der Waals surface area contributed by atoms with E-state index in [9.17, 15) is 17.6 Å². The van der Waals surface area contributed by atoms with Crippen molar-refractivity contribution in [3.8, 4) is 5.75 Å². The zero-order valence-electron chi connectivity index (χ0n) is 14.4. The van der Waals surface area contributed by atoms with Crippen LogP contribution in [0.2, 0.25) is 0 Å². The second-order valence-corrected chi connectivity index (χ2v) is 7.27. The average Bonchev–Trinajstić information content (AvgIpc) is 2.70. The first-order valence-corrected chi connectivity index (χ1v) is 9.61. The summed E-state index contributed by atoms with van der Waals surface area (Å²) in [5.74, 6) is -1.26. The number of esters is 1. The van der Waals surface area contributed by atoms with E-state index in [1.807, 2.05) is 0 Å². The Hall–Kier alpha value is -3.52. The van der Waals surface area contributed by atoms with Gasteiger partial charge in [-0.3, -0.25) is 0 Å². The molecule has 142 valence electrons. The fourth-order valence-electron chi connectivity index (χ4n) is 2.23. The first kappa shape index (κ1) is 19.2. The van der Waals surface area contributed by atoms with Crippen LogP contribution in [0.4, 0.5) is 4.39 Å². The molecule has 0 radical (unpaired) electrons. The summed E-state index contributed by atoms with van der Waals surface area (Å²) in [7, 11) is -3.74. The van der Waals surface area contributed by atoms with Crippen molar-refractivity contribution in [1.82, 2.24) is 4.83 Å². The van der Waals surface area contributed by atoms with E-state index in [0.717, 1.165) is 0 Å². The lowest BCUT2D eigenvalue weighted by atomic mass is 10.2. The molecule has 0 bridgehead atoms. The van der Waals surface area contributed by atoms with Gasteiger partial charge in [0.25, 0.3) is 10.0 Å². The highest BCUT2D eigenvalue weighted by Crippen LogP contribution is 2.15. The smallest absolute Gasteiger partial charge is 0.346 e. The lowest BCUT2D eigenvalue weighted by molar-refractivity contribution is 0.0730. The van der Waals surface area contributed by atoms with Gasteiger partial charge < -0.3 is 4.74 Å². The molecule has 0 saturated heterocycles. The van der Waals surface area contributed by atoms with Crippen molar-refractivity contribution in [2.75, 3.05) is 0 Å². The molecule has 6 nitrogen and oxygen atoms in total. The Morgan fingerprint density at radius 1 is 0.929 bits per heavy atom. The largest absolute Gasteiger partial charge is 0.423 e. The third-order valence-corrected chi connectivity index (χ3v) is 4.86. The standard InChI is InChI=1S/C20H15FN2O4S/c21-19-9-5-4-8-18(19)20(24)27-16-12-10-15(11-13-16)14-22-23-28(25,26)17-6-2-1-3-7-17/h1-14,23H. The molecule has 8 heteroatoms. The Bertz CT molecular complexity index is 1100. The normalized spacial score (nSPS) is 11.3. The highest BCUT2D eigenvalue weighted by Gasteiger charge is 2.13. The van der Waals surface area contributed by atoms with Gasteiger partial charge in [0.15, 0.2) is 0 Å². The van der Waals surface area contributed by atoms with Crippen molar-refractivity contribution in [1.29, 1.82) is 0 Å². The molecule has 0 aliphatic heterocycles. The highest BCUT2D eigenvalue weighted by molar-refractivity contribution is 7.89. The number of carbonyl (C=O) groups is 1. The van der Waals surface area contributed by atoms with Crippen LogP contribution in [-0.4, -0.2) is 20.6 Å². The summed E-state index contributed by atoms with van der Waals surface area (Å²) in [4.78, 5) is 14.2. The van der Waals surface area contributed by atoms with Crippen LogP contribution in [0.15, 0.2) is 88.9 Å². The maximum Gasteiger partial charge on any atom is 0.346 e. The van der Waals surface area contributed by atoms with Crippen LogP contribution in [0, 0.1) is 5.82 Å². The second-order valence-electron chi connectivity index (χ2n) is 5.60. The number of ether oxygens (including phenoxy) is 1. The Labute approximate surface area is 161 Å². The number of hydrazone groups is 1. The summed E-state index contributed by atoms with van der Waals surface area (Å²) < 4.78 is 42.8. The highest BCUT2D eigenvalue weighted by atomic mass is 32.2. The molecule has 0 fully saturated rings. The van der Waals surface area contributed by atoms with Gasteiger partial charge in [-0.25, -0.2) is 14.0 Å². The van der Waals surface area contributed by atoms with Crippen LogP contribution in [0.25, 0.3) is 0 Å². The summed E-state index contributed by atoms with van der Waals surface area (Å²) >= 11 is 0. The van der Waals surface area contributed by atoms with Crippen LogP contribution in [0.5, 0.6) is 5.75 Å². The summed E-state index contributed by atoms with van der Waals surface area (Å²) in [6.45, 7) is 0. The number of benzene rings is 3. The number of sulfonamides is 1. The van der Waals surface area contributed by atoms with E-state index in [2.05, 4.69) is 9.93 Å². The zero-order chi connectivity index (χ0) is 20.0. The van der Waals surface area contributed by atoms with E-state index in [4.69, 9.17) is 4.74 Å². The lowest BCUT2D eigenvalue weighted by Crippen LogP contribution is -2.18. The molecule has 0 aliphatic rings. The molecule has 0 amide bonds. The fourth-order valence-corrected chi connectivity index (χ4v) is 3.05. The predicted octanol–water partition coefficient (Wildman–Crippen LogP) is 3.36. The number of halogens is 1. The van der Waals surface area contributed by atoms with E-state index in [1.54, 1.807) is 30.3 Å². The topological polar surface area (TPSA) is 84.8 Å². The molecule has 0 heterocycles. The molecule has 0 aliphatic carbocycles. The van der Waals surface area contributed by atoms with Gasteiger partial charge in [0.2, 0.25) is 0 Å². The van der Waals surface area contributed by atoms with Crippen LogP contribution in [-0.2, 0) is 10.0 Å². The van der Waals surface area contributed by atoms with Gasteiger partial charge in [-0.15, -0.1) is 0 Å². The molecule has 0 spiro atoms. The minimum atomic E-state index is -3.74. The van der Waals surface area contributed by atoms with Gasteiger partial charge >= 0.3 is 5.97 Å². The Balaban J connectivity index is 1.62. The molecule has 3 aromatic rings. The molecule has 3 aromatic carbocycles. The SMILES string of the molecule is O=C(Oc1ccc(C=NNS(=O)(=O)c2ccccc2)cc1)c1ccccc1F. The van der Waals surface area contributed by atoms with Crippen molar-refractivity contribution in [3.05, 3.63) is 95.8 Å². The van der Waals surface area contributed by atoms with Gasteiger partial charge in [0.1, 0.15) is 11.6 Å². The number of rotatable bonds is 6. The molecule has 0 atom stereocenters. The molecular formula is C20H15FN2O4S. The molecule has 0 aromatic heterocycles. The summed E-state index contributed by atoms with van der Waals surface area (Å²) in [6.07, 6.45) is 1.31. The first-order chi connectivity index (χ1) is 13.5. The van der Waals surface area contributed by atoms with Gasteiger partial charge in [-0.05, 0) is 54.1 Å². The van der Waals surface area contributed by atoms with E-state index in [1.165, 1.54) is 54.7 Å². The Kier molecular flexibility index (Phi) is 5.81. The van der Waals surface area contributed by atoms with E-state index >= 15 is 0 Å². The fraction of sp³-hybridized carbons (Fsp3) is 0. The Morgan fingerprint density at radius 3 is 2.25 bits per heavy atom. The first-order valence-electron chi connectivity index (χ1n) is 8.12. The monoisotopic (exact) mass is 398 g/mol. The minimum absolute atomic E-state index is 0.0996. The average molecular weight is 398 g/mol. The second kappa shape index (κ2) is 8.45. The molecule has 1 N–H and O–H groups in total. The molecule has 0 unspecified atom stereocenters. The van der Waals surface area contributed by atoms with Crippen molar-refractivity contribution < 1.29 is 22.3 Å². The van der Waals surface area contributed by atoms with E-state index in [0.29, 0.717) is 5.56 Å². The molecular weight excluding hydrogens is 383 g/mol. The van der Waals surface area contributed by atoms with Gasteiger partial charge in [0, 0.05) is 0 Å². The quantitative estimate of drug-likeness (QED) is 0.299. The van der Waals surface area contributed by atoms with Crippen LogP contribution >= 0.6 is 0 Å². The summed E-state index contributed by atoms with van der Waals surface area (Å²) in [5, 5.41) is 3.72. The van der Waals surface area contributed by atoms with E-state index < -0.39 is 21.8 Å². The van der Waals surface area contributed by atoms with Crippen LogP contribution in [0.3, 0.4) is 0 Å². The van der Waals surface area contributed by atoms with Gasteiger partial charge in [0.05, 0.1) is 16.7 Å².